The summed E-state index contributed by atoms with van der Waals surface area (Å²) in [5.74, 6) is 0. The maximum atomic E-state index is 5.53. The van der Waals surface area contributed by atoms with E-state index in [9.17, 15) is 0 Å². The second kappa shape index (κ2) is 3.97. The molecule has 17 heavy (non-hydrogen) atoms. The van der Waals surface area contributed by atoms with Gasteiger partial charge in [0.1, 0.15) is 0 Å². The number of fused-ring (bicyclic) bond motifs is 1. The fourth-order valence-corrected chi connectivity index (χ4v) is 2.43. The van der Waals surface area contributed by atoms with Gasteiger partial charge in [0.05, 0.1) is 18.9 Å². The minimum Gasteiger partial charge on any atom is -0.372 e. The van der Waals surface area contributed by atoms with Crippen molar-refractivity contribution in [2.24, 2.45) is 0 Å². The highest BCUT2D eigenvalue weighted by atomic mass is 16.5. The van der Waals surface area contributed by atoms with E-state index < -0.39 is 0 Å². The van der Waals surface area contributed by atoms with Crippen LogP contribution in [0.5, 0.6) is 0 Å². The predicted molar refractivity (Wildman–Crippen MR) is 67.6 cm³/mol. The number of hydrogen-bond acceptors (Lipinski definition) is 2. The molecule has 3 rings (SSSR count). The van der Waals surface area contributed by atoms with Gasteiger partial charge in [-0.25, -0.2) is 0 Å². The predicted octanol–water partition coefficient (Wildman–Crippen LogP) is 3.40. The molecular formula is C15H15NO. The van der Waals surface area contributed by atoms with Crippen LogP contribution in [0.25, 0.3) is 11.3 Å². The van der Waals surface area contributed by atoms with Crippen molar-refractivity contribution in [3.8, 4) is 11.3 Å². The monoisotopic (exact) mass is 225 g/mol. The number of aryl methyl sites for hydroxylation is 1. The Labute approximate surface area is 101 Å². The number of rotatable bonds is 1. The first-order valence-electron chi connectivity index (χ1n) is 5.89. The second-order valence-electron chi connectivity index (χ2n) is 4.49. The largest absolute Gasteiger partial charge is 0.372 e. The Morgan fingerprint density at radius 3 is 2.47 bits per heavy atom. The van der Waals surface area contributed by atoms with Crippen LogP contribution < -0.4 is 0 Å². The van der Waals surface area contributed by atoms with Crippen molar-refractivity contribution >= 4 is 0 Å². The molecule has 0 unspecified atom stereocenters. The third kappa shape index (κ3) is 1.65. The zero-order chi connectivity index (χ0) is 11.8. The van der Waals surface area contributed by atoms with Crippen LogP contribution in [0, 0.1) is 13.8 Å². The SMILES string of the molecule is Cc1nc(-c2ccccc2)c(C)c2c1COC2. The fourth-order valence-electron chi connectivity index (χ4n) is 2.43. The molecule has 0 saturated heterocycles. The van der Waals surface area contributed by atoms with Crippen molar-refractivity contribution in [3.05, 3.63) is 52.7 Å². The van der Waals surface area contributed by atoms with E-state index in [1.807, 2.05) is 6.07 Å². The van der Waals surface area contributed by atoms with Crippen LogP contribution in [0.2, 0.25) is 0 Å². The highest BCUT2D eigenvalue weighted by Gasteiger charge is 2.20. The van der Waals surface area contributed by atoms with Gasteiger partial charge in [-0.1, -0.05) is 30.3 Å². The Bertz CT molecular complexity index is 561. The Morgan fingerprint density at radius 2 is 1.71 bits per heavy atom. The zero-order valence-electron chi connectivity index (χ0n) is 10.2. The van der Waals surface area contributed by atoms with Crippen LogP contribution >= 0.6 is 0 Å². The summed E-state index contributed by atoms with van der Waals surface area (Å²) < 4.78 is 5.53. The van der Waals surface area contributed by atoms with Gasteiger partial charge in [0.25, 0.3) is 0 Å². The summed E-state index contributed by atoms with van der Waals surface area (Å²) in [4.78, 5) is 4.73. The number of hydrogen-bond donors (Lipinski definition) is 0. The summed E-state index contributed by atoms with van der Waals surface area (Å²) in [5.41, 5.74) is 7.24. The summed E-state index contributed by atoms with van der Waals surface area (Å²) in [6.45, 7) is 5.65. The molecule has 2 heteroatoms. The molecule has 0 fully saturated rings. The van der Waals surface area contributed by atoms with Gasteiger partial charge in [-0.3, -0.25) is 4.98 Å². The van der Waals surface area contributed by atoms with Crippen molar-refractivity contribution in [3.63, 3.8) is 0 Å². The molecule has 1 aliphatic heterocycles. The van der Waals surface area contributed by atoms with Gasteiger partial charge in [-0.15, -0.1) is 0 Å². The number of aromatic nitrogens is 1. The summed E-state index contributed by atoms with van der Waals surface area (Å²) >= 11 is 0. The van der Waals surface area contributed by atoms with Crippen molar-refractivity contribution < 1.29 is 4.74 Å². The summed E-state index contributed by atoms with van der Waals surface area (Å²) in [6, 6.07) is 10.3. The van der Waals surface area contributed by atoms with Crippen molar-refractivity contribution in [2.75, 3.05) is 0 Å². The van der Waals surface area contributed by atoms with Crippen LogP contribution in [0.15, 0.2) is 30.3 Å². The number of ether oxygens (including phenoxy) is 1. The molecule has 1 aromatic carbocycles. The standard InChI is InChI=1S/C15H15NO/c1-10-13-8-17-9-14(13)11(2)16-15(10)12-6-4-3-5-7-12/h3-7H,8-9H2,1-2H3. The lowest BCUT2D eigenvalue weighted by atomic mass is 9.98. The van der Waals surface area contributed by atoms with Crippen LogP contribution in [0.4, 0.5) is 0 Å². The molecular weight excluding hydrogens is 210 g/mol. The minimum atomic E-state index is 0.712. The maximum absolute atomic E-state index is 5.53. The highest BCUT2D eigenvalue weighted by molar-refractivity contribution is 5.65. The molecule has 0 atom stereocenters. The quantitative estimate of drug-likeness (QED) is 0.742. The maximum Gasteiger partial charge on any atom is 0.0742 e. The lowest BCUT2D eigenvalue weighted by molar-refractivity contribution is 0.134. The molecule has 0 radical (unpaired) electrons. The smallest absolute Gasteiger partial charge is 0.0742 e. The van der Waals surface area contributed by atoms with Crippen LogP contribution in [-0.4, -0.2) is 4.98 Å². The van der Waals surface area contributed by atoms with Gasteiger partial charge in [-0.05, 0) is 25.0 Å². The van der Waals surface area contributed by atoms with Crippen molar-refractivity contribution in [2.45, 2.75) is 27.1 Å². The van der Waals surface area contributed by atoms with E-state index in [4.69, 9.17) is 9.72 Å². The molecule has 0 bridgehead atoms. The van der Waals surface area contributed by atoms with Crippen LogP contribution in [0.1, 0.15) is 22.4 Å². The zero-order valence-corrected chi connectivity index (χ0v) is 10.2. The summed E-state index contributed by atoms with van der Waals surface area (Å²) in [7, 11) is 0. The van der Waals surface area contributed by atoms with Gasteiger partial charge in [0.2, 0.25) is 0 Å². The van der Waals surface area contributed by atoms with E-state index in [2.05, 4.69) is 38.1 Å². The van der Waals surface area contributed by atoms with E-state index in [0.717, 1.165) is 18.0 Å². The van der Waals surface area contributed by atoms with E-state index in [0.29, 0.717) is 6.61 Å². The first-order valence-corrected chi connectivity index (χ1v) is 5.89. The van der Waals surface area contributed by atoms with E-state index in [1.165, 1.54) is 22.3 Å². The highest BCUT2D eigenvalue weighted by Crippen LogP contribution is 2.31. The Morgan fingerprint density at radius 1 is 1.00 bits per heavy atom. The first kappa shape index (κ1) is 10.5. The average Bonchev–Trinajstić information content (AvgIpc) is 2.85. The van der Waals surface area contributed by atoms with E-state index in [-0.39, 0.29) is 0 Å². The Kier molecular flexibility index (Phi) is 2.45. The number of benzene rings is 1. The summed E-state index contributed by atoms with van der Waals surface area (Å²) in [5, 5.41) is 0. The molecule has 0 aliphatic carbocycles. The topological polar surface area (TPSA) is 22.1 Å². The Hall–Kier alpha value is -1.67. The fraction of sp³-hybridized carbons (Fsp3) is 0.267. The second-order valence-corrected chi connectivity index (χ2v) is 4.49. The third-order valence-electron chi connectivity index (χ3n) is 3.43. The van der Waals surface area contributed by atoms with Gasteiger partial charge >= 0.3 is 0 Å². The summed E-state index contributed by atoms with van der Waals surface area (Å²) in [6.07, 6.45) is 0. The first-order chi connectivity index (χ1) is 8.27. The van der Waals surface area contributed by atoms with E-state index >= 15 is 0 Å². The van der Waals surface area contributed by atoms with Gasteiger partial charge in [0.15, 0.2) is 0 Å². The van der Waals surface area contributed by atoms with Crippen LogP contribution in [-0.2, 0) is 18.0 Å². The minimum absolute atomic E-state index is 0.712. The number of pyridine rings is 1. The molecule has 1 aromatic heterocycles. The molecule has 86 valence electrons. The molecule has 2 aromatic rings. The number of nitrogens with zero attached hydrogens (tertiary/aromatic N) is 1. The van der Waals surface area contributed by atoms with Crippen LogP contribution in [0.3, 0.4) is 0 Å². The van der Waals surface area contributed by atoms with Crippen molar-refractivity contribution in [1.82, 2.24) is 4.98 Å². The molecule has 0 N–H and O–H groups in total. The molecule has 2 nitrogen and oxygen atoms in total. The normalized spacial score (nSPS) is 13.8. The molecule has 0 spiro atoms. The lowest BCUT2D eigenvalue weighted by Crippen LogP contribution is -1.99. The molecule has 2 heterocycles. The van der Waals surface area contributed by atoms with Gasteiger partial charge in [0, 0.05) is 16.8 Å². The molecule has 1 aliphatic rings. The van der Waals surface area contributed by atoms with Crippen molar-refractivity contribution in [1.29, 1.82) is 0 Å². The lowest BCUT2D eigenvalue weighted by Gasteiger charge is -2.11. The van der Waals surface area contributed by atoms with Gasteiger partial charge in [-0.2, -0.15) is 0 Å². The molecule has 0 amide bonds. The van der Waals surface area contributed by atoms with Gasteiger partial charge < -0.3 is 4.74 Å². The average molecular weight is 225 g/mol. The third-order valence-corrected chi connectivity index (χ3v) is 3.43. The Balaban J connectivity index is 2.23. The molecule has 0 saturated carbocycles. The van der Waals surface area contributed by atoms with E-state index in [1.54, 1.807) is 0 Å².